The van der Waals surface area contributed by atoms with Crippen molar-refractivity contribution in [2.45, 2.75) is 41.2 Å². The van der Waals surface area contributed by atoms with Crippen molar-refractivity contribution < 1.29 is 5.11 Å². The lowest BCUT2D eigenvalue weighted by atomic mass is 10.2. The molecule has 1 N–H and O–H groups in total. The summed E-state index contributed by atoms with van der Waals surface area (Å²) < 4.78 is 0. The summed E-state index contributed by atoms with van der Waals surface area (Å²) in [6, 6.07) is 0. The van der Waals surface area contributed by atoms with Gasteiger partial charge in [0, 0.05) is 0 Å². The Labute approximate surface area is 47.4 Å². The van der Waals surface area contributed by atoms with Gasteiger partial charge >= 0.3 is 0 Å². The molecule has 0 unspecified atom stereocenters. The average Bonchev–Trinajstić information content (AvgIpc) is 0.722. The molecule has 0 aromatic heterocycles. The smallest absolute Gasteiger partial charge is 0.0563 e. The van der Waals surface area contributed by atoms with E-state index in [1.165, 1.54) is 0 Å². The molecule has 0 atom stereocenters. The molecule has 0 aliphatic heterocycles. The van der Waals surface area contributed by atoms with Crippen LogP contribution in [0.5, 0.6) is 0 Å². The Morgan fingerprint density at radius 1 is 1.00 bits per heavy atom. The minimum Gasteiger partial charge on any atom is -0.391 e. The van der Waals surface area contributed by atoms with Gasteiger partial charge in [0.1, 0.15) is 0 Å². The standard InChI is InChI=1S/C4H10O.2CH4/c1-4(2,3)5;;/h5H,1-3H3;2*1H4. The van der Waals surface area contributed by atoms with Gasteiger partial charge in [0.2, 0.25) is 0 Å². The highest BCUT2D eigenvalue weighted by atomic mass is 16.3. The second kappa shape index (κ2) is 4.13. The van der Waals surface area contributed by atoms with E-state index in [2.05, 4.69) is 0 Å². The Bertz CT molecular complexity index is 19.7. The SMILES string of the molecule is C.C.CC(C)(C)O. The Morgan fingerprint density at radius 2 is 1.00 bits per heavy atom. The first kappa shape index (κ1) is 15.8. The molecule has 1 nitrogen and oxygen atoms in total. The highest BCUT2D eigenvalue weighted by Gasteiger charge is 1.97. The van der Waals surface area contributed by atoms with Crippen LogP contribution in [-0.2, 0) is 0 Å². The fourth-order valence-electron chi connectivity index (χ4n) is 0. The third-order valence-corrected chi connectivity index (χ3v) is 0. The Morgan fingerprint density at radius 3 is 1.00 bits per heavy atom. The zero-order chi connectivity index (χ0) is 4.50. The fourth-order valence-corrected chi connectivity index (χ4v) is 0. The van der Waals surface area contributed by atoms with Crippen LogP contribution in [0.2, 0.25) is 0 Å². The third-order valence-electron chi connectivity index (χ3n) is 0. The van der Waals surface area contributed by atoms with Crippen molar-refractivity contribution in [2.24, 2.45) is 0 Å². The van der Waals surface area contributed by atoms with Crippen molar-refractivity contribution in [3.8, 4) is 0 Å². The zero-order valence-corrected chi connectivity index (χ0v) is 3.95. The van der Waals surface area contributed by atoms with E-state index in [0.717, 1.165) is 0 Å². The van der Waals surface area contributed by atoms with Crippen LogP contribution < -0.4 is 0 Å². The lowest BCUT2D eigenvalue weighted by Crippen LogP contribution is -2.10. The van der Waals surface area contributed by atoms with E-state index >= 15 is 0 Å². The highest BCUT2D eigenvalue weighted by Crippen LogP contribution is 1.93. The molecule has 0 heterocycles. The maximum absolute atomic E-state index is 8.52. The molecule has 0 radical (unpaired) electrons. The molecule has 0 aliphatic carbocycles. The predicted octanol–water partition coefficient (Wildman–Crippen LogP) is 2.05. The molecule has 0 saturated carbocycles. The lowest BCUT2D eigenvalue weighted by Gasteiger charge is -2.04. The average molecular weight is 106 g/mol. The lowest BCUT2D eigenvalue weighted by molar-refractivity contribution is 0.102. The molecule has 0 amide bonds. The maximum atomic E-state index is 8.52. The van der Waals surface area contributed by atoms with Gasteiger partial charge in [-0.25, -0.2) is 0 Å². The van der Waals surface area contributed by atoms with Gasteiger partial charge in [0.25, 0.3) is 0 Å². The van der Waals surface area contributed by atoms with E-state index in [4.69, 9.17) is 5.11 Å². The first-order valence-electron chi connectivity index (χ1n) is 1.72. The van der Waals surface area contributed by atoms with Gasteiger partial charge in [-0.1, -0.05) is 14.9 Å². The van der Waals surface area contributed by atoms with Crippen LogP contribution in [0.1, 0.15) is 35.6 Å². The molecular formula is C6H18O. The minimum atomic E-state index is -0.500. The molecule has 0 fully saturated rings. The molecule has 0 spiro atoms. The van der Waals surface area contributed by atoms with Crippen LogP contribution in [0.4, 0.5) is 0 Å². The molecule has 0 aliphatic rings. The first-order valence-corrected chi connectivity index (χ1v) is 1.72. The van der Waals surface area contributed by atoms with Gasteiger partial charge in [-0.05, 0) is 20.8 Å². The van der Waals surface area contributed by atoms with E-state index in [1.807, 2.05) is 0 Å². The van der Waals surface area contributed by atoms with Gasteiger partial charge in [0.15, 0.2) is 0 Å². The minimum absolute atomic E-state index is 0. The summed E-state index contributed by atoms with van der Waals surface area (Å²) in [5.74, 6) is 0. The van der Waals surface area contributed by atoms with Gasteiger partial charge in [-0.15, -0.1) is 0 Å². The van der Waals surface area contributed by atoms with Crippen molar-refractivity contribution >= 4 is 0 Å². The summed E-state index contributed by atoms with van der Waals surface area (Å²) in [7, 11) is 0. The van der Waals surface area contributed by atoms with Crippen LogP contribution in [0.25, 0.3) is 0 Å². The number of hydrogen-bond donors (Lipinski definition) is 1. The van der Waals surface area contributed by atoms with E-state index in [9.17, 15) is 0 Å². The Balaban J connectivity index is -0.0000000800. The number of rotatable bonds is 0. The maximum Gasteiger partial charge on any atom is 0.0563 e. The predicted molar refractivity (Wildman–Crippen MR) is 35.4 cm³/mol. The molecule has 0 saturated heterocycles. The topological polar surface area (TPSA) is 20.2 Å². The summed E-state index contributed by atoms with van der Waals surface area (Å²) in [5, 5.41) is 8.52. The number of aliphatic hydroxyl groups is 1. The molecule has 0 aromatic rings. The first-order chi connectivity index (χ1) is 2.00. The third kappa shape index (κ3) is 58400. The van der Waals surface area contributed by atoms with Crippen LogP contribution >= 0.6 is 0 Å². The van der Waals surface area contributed by atoms with Gasteiger partial charge in [0.05, 0.1) is 5.60 Å². The normalized spacial score (nSPS) is 8.57. The zero-order valence-electron chi connectivity index (χ0n) is 3.95. The highest BCUT2D eigenvalue weighted by molar-refractivity contribution is 4.50. The van der Waals surface area contributed by atoms with E-state index in [-0.39, 0.29) is 14.9 Å². The molecule has 7 heavy (non-hydrogen) atoms. The number of hydrogen-bond acceptors (Lipinski definition) is 1. The van der Waals surface area contributed by atoms with Crippen molar-refractivity contribution in [3.63, 3.8) is 0 Å². The van der Waals surface area contributed by atoms with Crippen LogP contribution in [0.15, 0.2) is 0 Å². The van der Waals surface area contributed by atoms with Crippen LogP contribution in [0.3, 0.4) is 0 Å². The summed E-state index contributed by atoms with van der Waals surface area (Å²) in [4.78, 5) is 0. The van der Waals surface area contributed by atoms with Crippen LogP contribution in [0, 0.1) is 0 Å². The van der Waals surface area contributed by atoms with Gasteiger partial charge in [-0.2, -0.15) is 0 Å². The molecule has 0 aromatic carbocycles. The van der Waals surface area contributed by atoms with E-state index in [0.29, 0.717) is 0 Å². The van der Waals surface area contributed by atoms with Crippen molar-refractivity contribution in [1.29, 1.82) is 0 Å². The van der Waals surface area contributed by atoms with Gasteiger partial charge < -0.3 is 5.11 Å². The van der Waals surface area contributed by atoms with Gasteiger partial charge in [-0.3, -0.25) is 0 Å². The molecule has 1 heteroatoms. The molecule has 0 rings (SSSR count). The Hall–Kier alpha value is -0.0400. The second-order valence-corrected chi connectivity index (χ2v) is 2.17. The van der Waals surface area contributed by atoms with Crippen molar-refractivity contribution in [2.75, 3.05) is 0 Å². The molecule has 48 valence electrons. The van der Waals surface area contributed by atoms with Crippen molar-refractivity contribution in [3.05, 3.63) is 0 Å². The monoisotopic (exact) mass is 106 g/mol. The van der Waals surface area contributed by atoms with E-state index < -0.39 is 5.60 Å². The quantitative estimate of drug-likeness (QED) is 0.501. The fraction of sp³-hybridized carbons (Fsp3) is 1.00. The Kier molecular flexibility index (Phi) is 9.30. The molecule has 0 bridgehead atoms. The second-order valence-electron chi connectivity index (χ2n) is 2.17. The van der Waals surface area contributed by atoms with E-state index in [1.54, 1.807) is 20.8 Å². The summed E-state index contributed by atoms with van der Waals surface area (Å²) in [6.45, 7) is 5.23. The summed E-state index contributed by atoms with van der Waals surface area (Å²) in [5.41, 5.74) is -0.500. The largest absolute Gasteiger partial charge is 0.391 e. The summed E-state index contributed by atoms with van der Waals surface area (Å²) in [6.07, 6.45) is 0. The summed E-state index contributed by atoms with van der Waals surface area (Å²) >= 11 is 0. The van der Waals surface area contributed by atoms with Crippen molar-refractivity contribution in [1.82, 2.24) is 0 Å². The molecular weight excluding hydrogens is 88.1 g/mol. The van der Waals surface area contributed by atoms with Crippen LogP contribution in [-0.4, -0.2) is 10.7 Å².